The second-order valence-electron chi connectivity index (χ2n) is 17.8. The molecule has 0 aromatic carbocycles. The molecule has 1 unspecified atom stereocenters. The van der Waals surface area contributed by atoms with Crippen molar-refractivity contribution < 1.29 is 57.4 Å². The molecule has 346 valence electrons. The number of aliphatic hydroxyl groups excluding tert-OH is 3. The quantitative estimate of drug-likeness (QED) is 0.0116. The monoisotopic (exact) mass is 861 g/mol. The van der Waals surface area contributed by atoms with Crippen LogP contribution in [0.2, 0.25) is 0 Å². The summed E-state index contributed by atoms with van der Waals surface area (Å²) in [5, 5.41) is 31.4. The van der Waals surface area contributed by atoms with Crippen LogP contribution in [0, 0.1) is 11.8 Å². The Bertz CT molecular complexity index is 1180. The summed E-state index contributed by atoms with van der Waals surface area (Å²) in [6, 6.07) is 0. The van der Waals surface area contributed by atoms with Crippen LogP contribution >= 0.6 is 7.82 Å². The second kappa shape index (κ2) is 33.9. The molecule has 0 saturated heterocycles. The van der Waals surface area contributed by atoms with E-state index in [1.54, 1.807) is 18.4 Å². The smallest absolute Gasteiger partial charge is 0.472 e. The van der Waals surface area contributed by atoms with Crippen LogP contribution in [-0.2, 0) is 32.7 Å². The number of rotatable bonds is 39. The Kier molecular flexibility index (Phi) is 31.9. The first-order valence-electron chi connectivity index (χ1n) is 23.3. The lowest BCUT2D eigenvalue weighted by molar-refractivity contribution is -0.870. The van der Waals surface area contributed by atoms with Crippen molar-refractivity contribution in [1.29, 1.82) is 0 Å². The lowest BCUT2D eigenvalue weighted by atomic mass is 9.87. The van der Waals surface area contributed by atoms with E-state index in [4.69, 9.17) is 18.5 Å². The Morgan fingerprint density at radius 1 is 0.763 bits per heavy atom. The van der Waals surface area contributed by atoms with E-state index in [1.807, 2.05) is 27.2 Å². The fourth-order valence-corrected chi connectivity index (χ4v) is 8.08. The largest absolute Gasteiger partial charge is 0.498 e. The highest BCUT2D eigenvalue weighted by atomic mass is 31.2. The van der Waals surface area contributed by atoms with Gasteiger partial charge in [-0.05, 0) is 38.2 Å². The second-order valence-corrected chi connectivity index (χ2v) is 19.3. The molecule has 0 amide bonds. The zero-order valence-corrected chi connectivity index (χ0v) is 38.7. The van der Waals surface area contributed by atoms with Crippen LogP contribution < -0.4 is 0 Å². The number of ketones is 1. The molecule has 0 aliphatic heterocycles. The molecule has 1 aliphatic carbocycles. The minimum atomic E-state index is -4.40. The van der Waals surface area contributed by atoms with Gasteiger partial charge in [0, 0.05) is 37.5 Å². The Morgan fingerprint density at radius 2 is 1.34 bits per heavy atom. The number of Topliss-reactive ketones (excluding diaryl/α,β-unsaturated/α-hetero) is 1. The minimum absolute atomic E-state index is 0.0127. The van der Waals surface area contributed by atoms with E-state index < -0.39 is 56.7 Å². The number of phosphoric ester groups is 1. The summed E-state index contributed by atoms with van der Waals surface area (Å²) in [4.78, 5) is 35.9. The molecule has 12 nitrogen and oxygen atoms in total. The first-order valence-corrected chi connectivity index (χ1v) is 24.8. The van der Waals surface area contributed by atoms with Gasteiger partial charge in [0.1, 0.15) is 25.5 Å². The molecule has 0 radical (unpaired) electrons. The van der Waals surface area contributed by atoms with Crippen molar-refractivity contribution in [2.24, 2.45) is 11.8 Å². The van der Waals surface area contributed by atoms with Gasteiger partial charge in [0.15, 0.2) is 6.10 Å². The number of likely N-dealkylation sites (N-methyl/N-ethyl adjacent to an activating group) is 1. The number of carbonyl (C=O) groups excluding carboxylic acids is 2. The van der Waals surface area contributed by atoms with Crippen molar-refractivity contribution in [2.75, 3.05) is 47.5 Å². The number of hydrogen-bond acceptors (Lipinski definition) is 10. The molecule has 1 rings (SSSR count). The van der Waals surface area contributed by atoms with Crippen molar-refractivity contribution in [1.82, 2.24) is 0 Å². The van der Waals surface area contributed by atoms with E-state index in [2.05, 4.69) is 13.8 Å². The number of nitrogens with zero attached hydrogens (tertiary/aromatic N) is 1. The standard InChI is InChI=1S/C46H86NO11P/c1-6-8-10-11-12-13-14-15-16-17-18-19-20-21-22-26-33-55-37-41(38-57-59(53,54)56-34-32-47(3,4)5)58-46(52)29-25-24-28-40(49)35-43-42(44(50)36-45(43)51)31-30-39(48)27-23-9-7-2/h26,30-31,33,39,41-45,48,50-51H,6-25,27-29,32,34-38H2,1-5H3/p+1/b31-30+,33-26+/t39-,41+,42+,43+,44+,45-/m0/s1. The summed E-state index contributed by atoms with van der Waals surface area (Å²) < 4.78 is 34.6. The van der Waals surface area contributed by atoms with Crippen molar-refractivity contribution in [3.05, 3.63) is 24.5 Å². The fourth-order valence-electron chi connectivity index (χ4n) is 7.34. The molecule has 0 aromatic heterocycles. The third kappa shape index (κ3) is 31.0. The Hall–Kier alpha value is -1.63. The predicted octanol–water partition coefficient (Wildman–Crippen LogP) is 9.51. The van der Waals surface area contributed by atoms with Gasteiger partial charge in [-0.2, -0.15) is 0 Å². The molecule has 0 heterocycles. The zero-order valence-electron chi connectivity index (χ0n) is 37.8. The number of hydrogen-bond donors (Lipinski definition) is 4. The van der Waals surface area contributed by atoms with Crippen molar-refractivity contribution in [3.63, 3.8) is 0 Å². The van der Waals surface area contributed by atoms with Crippen molar-refractivity contribution in [2.45, 2.75) is 199 Å². The third-order valence-electron chi connectivity index (χ3n) is 11.1. The average Bonchev–Trinajstić information content (AvgIpc) is 3.43. The Morgan fingerprint density at radius 3 is 1.95 bits per heavy atom. The first-order chi connectivity index (χ1) is 28.2. The molecule has 7 atom stereocenters. The number of esters is 1. The van der Waals surface area contributed by atoms with Crippen LogP contribution in [0.1, 0.15) is 174 Å². The molecular weight excluding hydrogens is 773 g/mol. The predicted molar refractivity (Wildman–Crippen MR) is 236 cm³/mol. The van der Waals surface area contributed by atoms with E-state index in [9.17, 15) is 34.4 Å². The molecule has 59 heavy (non-hydrogen) atoms. The molecule has 1 fully saturated rings. The highest BCUT2D eigenvalue weighted by Crippen LogP contribution is 2.43. The maximum atomic E-state index is 12.9. The third-order valence-corrected chi connectivity index (χ3v) is 12.0. The van der Waals surface area contributed by atoms with Gasteiger partial charge in [0.25, 0.3) is 0 Å². The maximum absolute atomic E-state index is 12.9. The average molecular weight is 861 g/mol. The number of carbonyl (C=O) groups is 2. The number of quaternary nitrogens is 1. The minimum Gasteiger partial charge on any atom is -0.498 e. The highest BCUT2D eigenvalue weighted by molar-refractivity contribution is 7.47. The molecule has 13 heteroatoms. The van der Waals surface area contributed by atoms with E-state index in [-0.39, 0.29) is 44.7 Å². The van der Waals surface area contributed by atoms with Crippen LogP contribution in [-0.4, -0.2) is 108 Å². The van der Waals surface area contributed by atoms with Crippen LogP contribution in [0.25, 0.3) is 0 Å². The Balaban J connectivity index is 2.48. The van der Waals surface area contributed by atoms with Gasteiger partial charge in [-0.3, -0.25) is 18.6 Å². The molecule has 0 spiro atoms. The van der Waals surface area contributed by atoms with Gasteiger partial charge >= 0.3 is 13.8 Å². The number of phosphoric acid groups is 1. The number of unbranched alkanes of at least 4 members (excludes halogenated alkanes) is 17. The van der Waals surface area contributed by atoms with E-state index in [1.165, 1.54) is 77.0 Å². The molecule has 0 aromatic rings. The van der Waals surface area contributed by atoms with Crippen LogP contribution in [0.5, 0.6) is 0 Å². The topological polar surface area (TPSA) is 169 Å². The summed E-state index contributed by atoms with van der Waals surface area (Å²) in [7, 11) is 1.41. The van der Waals surface area contributed by atoms with Gasteiger partial charge in [-0.15, -0.1) is 0 Å². The summed E-state index contributed by atoms with van der Waals surface area (Å²) in [5.41, 5.74) is 0. The maximum Gasteiger partial charge on any atom is 0.472 e. The zero-order chi connectivity index (χ0) is 43.8. The summed E-state index contributed by atoms with van der Waals surface area (Å²) >= 11 is 0. The van der Waals surface area contributed by atoms with E-state index >= 15 is 0 Å². The molecule has 0 bridgehead atoms. The molecule has 4 N–H and O–H groups in total. The van der Waals surface area contributed by atoms with E-state index in [0.29, 0.717) is 30.3 Å². The highest BCUT2D eigenvalue weighted by Gasteiger charge is 2.41. The summed E-state index contributed by atoms with van der Waals surface area (Å²) in [6.45, 7) is 4.40. The van der Waals surface area contributed by atoms with Gasteiger partial charge in [0.2, 0.25) is 0 Å². The number of ether oxygens (including phenoxy) is 2. The summed E-state index contributed by atoms with van der Waals surface area (Å²) in [5.74, 6) is -1.46. The van der Waals surface area contributed by atoms with E-state index in [0.717, 1.165) is 38.5 Å². The van der Waals surface area contributed by atoms with Gasteiger partial charge < -0.3 is 34.2 Å². The van der Waals surface area contributed by atoms with Crippen molar-refractivity contribution >= 4 is 19.6 Å². The number of allylic oxidation sites excluding steroid dienone is 1. The van der Waals surface area contributed by atoms with Gasteiger partial charge in [0.05, 0.1) is 52.3 Å². The van der Waals surface area contributed by atoms with Gasteiger partial charge in [-0.1, -0.05) is 129 Å². The molecular formula is C46H87NO11P+. The Labute approximate surface area is 358 Å². The fraction of sp³-hybridized carbons (Fsp3) is 0.870. The molecule has 1 saturated carbocycles. The van der Waals surface area contributed by atoms with Gasteiger partial charge in [-0.25, -0.2) is 4.57 Å². The van der Waals surface area contributed by atoms with Crippen LogP contribution in [0.15, 0.2) is 24.5 Å². The van der Waals surface area contributed by atoms with Crippen molar-refractivity contribution in [3.8, 4) is 0 Å². The molecule has 1 aliphatic rings. The number of aliphatic hydroxyl groups is 3. The van der Waals surface area contributed by atoms with Crippen LogP contribution in [0.4, 0.5) is 0 Å². The lowest BCUT2D eigenvalue weighted by Gasteiger charge is -2.24. The lowest BCUT2D eigenvalue weighted by Crippen LogP contribution is -2.37. The summed E-state index contributed by atoms with van der Waals surface area (Å²) in [6.07, 6.45) is 27.8. The van der Waals surface area contributed by atoms with Crippen LogP contribution in [0.3, 0.4) is 0 Å². The normalized spacial score (nSPS) is 20.6. The SMILES string of the molecule is CCCCCCCCCCCCCCCC/C=C/OC[C@H](COP(=O)(O)OCC[N+](C)(C)C)OC(=O)CCCCC(=O)C[C@@H]1[C@@H](/C=C/[C@@H](O)CCCCC)[C@H](O)C[C@@H]1O. The first kappa shape index (κ1) is 55.4.